The van der Waals surface area contributed by atoms with Crippen LogP contribution in [0, 0.1) is 0 Å². The van der Waals surface area contributed by atoms with Crippen LogP contribution in [0.4, 0.5) is 0 Å². The zero-order valence-corrected chi connectivity index (χ0v) is 13.6. The maximum absolute atomic E-state index is 11.8. The van der Waals surface area contributed by atoms with Gasteiger partial charge < -0.3 is 10.1 Å². The third kappa shape index (κ3) is 5.92. The summed E-state index contributed by atoms with van der Waals surface area (Å²) in [5.74, 6) is -1.15. The zero-order chi connectivity index (χ0) is 16.0. The molecule has 0 radical (unpaired) electrons. The minimum atomic E-state index is -3.65. The molecule has 0 aliphatic carbocycles. The number of ether oxygens (including phenoxy) is 1. The Balaban J connectivity index is 1.75. The average molecular weight is 347 g/mol. The second-order valence-corrected chi connectivity index (χ2v) is 7.39. The van der Waals surface area contributed by atoms with E-state index in [1.807, 2.05) is 0 Å². The number of halogens is 1. The van der Waals surface area contributed by atoms with Crippen molar-refractivity contribution in [1.29, 1.82) is 0 Å². The monoisotopic (exact) mass is 346 g/mol. The van der Waals surface area contributed by atoms with Gasteiger partial charge in [-0.3, -0.25) is 4.79 Å². The first-order valence-electron chi connectivity index (χ1n) is 7.05. The topological polar surface area (TPSA) is 84.5 Å². The van der Waals surface area contributed by atoms with Crippen LogP contribution < -0.4 is 10.0 Å². The van der Waals surface area contributed by atoms with Crippen molar-refractivity contribution in [2.45, 2.75) is 25.5 Å². The highest BCUT2D eigenvalue weighted by Crippen LogP contribution is 2.11. The van der Waals surface area contributed by atoms with Crippen molar-refractivity contribution < 1.29 is 17.9 Å². The first-order chi connectivity index (χ1) is 10.4. The number of rotatable bonds is 7. The molecule has 1 atom stereocenters. The maximum Gasteiger partial charge on any atom is 0.236 e. The highest BCUT2D eigenvalue weighted by Gasteiger charge is 2.21. The molecule has 1 aliphatic heterocycles. The Morgan fingerprint density at radius 3 is 2.91 bits per heavy atom. The zero-order valence-electron chi connectivity index (χ0n) is 12.0. The van der Waals surface area contributed by atoms with E-state index in [0.29, 0.717) is 11.6 Å². The van der Waals surface area contributed by atoms with Gasteiger partial charge in [0, 0.05) is 24.7 Å². The van der Waals surface area contributed by atoms with Crippen LogP contribution in [0.5, 0.6) is 0 Å². The summed E-state index contributed by atoms with van der Waals surface area (Å²) in [4.78, 5) is 11.7. The first kappa shape index (κ1) is 17.2. The minimum Gasteiger partial charge on any atom is -0.377 e. The normalized spacial score (nSPS) is 18.3. The Morgan fingerprint density at radius 1 is 1.41 bits per heavy atom. The Hall–Kier alpha value is -1.15. The van der Waals surface area contributed by atoms with Gasteiger partial charge in [0.1, 0.15) is 5.75 Å². The molecule has 1 aromatic carbocycles. The van der Waals surface area contributed by atoms with Gasteiger partial charge in [-0.25, -0.2) is 13.1 Å². The van der Waals surface area contributed by atoms with Crippen molar-refractivity contribution in [1.82, 2.24) is 10.0 Å². The van der Waals surface area contributed by atoms with Gasteiger partial charge in [-0.05, 0) is 30.5 Å². The molecule has 22 heavy (non-hydrogen) atoms. The van der Waals surface area contributed by atoms with E-state index in [-0.39, 0.29) is 19.2 Å². The van der Waals surface area contributed by atoms with Crippen molar-refractivity contribution in [3.05, 3.63) is 34.9 Å². The maximum atomic E-state index is 11.8. The van der Waals surface area contributed by atoms with E-state index >= 15 is 0 Å². The molecule has 2 rings (SSSR count). The molecule has 1 fully saturated rings. The van der Waals surface area contributed by atoms with Crippen LogP contribution >= 0.6 is 11.6 Å². The highest BCUT2D eigenvalue weighted by atomic mass is 35.5. The van der Waals surface area contributed by atoms with Gasteiger partial charge >= 0.3 is 0 Å². The second-order valence-electron chi connectivity index (χ2n) is 5.15. The van der Waals surface area contributed by atoms with Gasteiger partial charge in [0.05, 0.1) is 6.10 Å². The predicted octanol–water partition coefficient (Wildman–Crippen LogP) is 1.05. The van der Waals surface area contributed by atoms with Crippen molar-refractivity contribution in [2.24, 2.45) is 0 Å². The molecule has 0 saturated carbocycles. The Morgan fingerprint density at radius 2 is 2.23 bits per heavy atom. The van der Waals surface area contributed by atoms with Crippen molar-refractivity contribution in [3.8, 4) is 0 Å². The van der Waals surface area contributed by atoms with Gasteiger partial charge in [0.2, 0.25) is 15.9 Å². The van der Waals surface area contributed by atoms with Crippen LogP contribution in [0.2, 0.25) is 5.02 Å². The standard InChI is InChI=1S/C14H19ClN2O4S/c15-12-4-1-3-11(7-12)8-16-14(18)10-22(19,20)17-9-13-5-2-6-21-13/h1,3-4,7,13,17H,2,5-6,8-10H2,(H,16,18). The van der Waals surface area contributed by atoms with E-state index in [1.165, 1.54) is 0 Å². The van der Waals surface area contributed by atoms with Gasteiger partial charge in [0.15, 0.2) is 0 Å². The smallest absolute Gasteiger partial charge is 0.236 e. The van der Waals surface area contributed by atoms with Gasteiger partial charge in [0.25, 0.3) is 0 Å². The number of hydrogen-bond donors (Lipinski definition) is 2. The fraction of sp³-hybridized carbons (Fsp3) is 0.500. The first-order valence-corrected chi connectivity index (χ1v) is 9.08. The lowest BCUT2D eigenvalue weighted by Crippen LogP contribution is -2.39. The molecule has 8 heteroatoms. The third-order valence-electron chi connectivity index (χ3n) is 3.25. The lowest BCUT2D eigenvalue weighted by molar-refractivity contribution is -0.118. The second kappa shape index (κ2) is 7.92. The van der Waals surface area contributed by atoms with Crippen LogP contribution in [0.25, 0.3) is 0 Å². The molecular formula is C14H19ClN2O4S. The molecule has 1 aromatic rings. The molecule has 1 aliphatic rings. The van der Waals surface area contributed by atoms with E-state index in [4.69, 9.17) is 16.3 Å². The third-order valence-corrected chi connectivity index (χ3v) is 4.74. The molecule has 2 N–H and O–H groups in total. The molecular weight excluding hydrogens is 328 g/mol. The lowest BCUT2D eigenvalue weighted by Gasteiger charge is -2.11. The number of nitrogens with one attached hydrogen (secondary N) is 2. The van der Waals surface area contributed by atoms with Crippen LogP contribution in [0.3, 0.4) is 0 Å². The summed E-state index contributed by atoms with van der Waals surface area (Å²) in [6, 6.07) is 7.01. The Bertz CT molecular complexity index is 615. The summed E-state index contributed by atoms with van der Waals surface area (Å²) in [6.07, 6.45) is 1.68. The Kier molecular flexibility index (Phi) is 6.19. The summed E-state index contributed by atoms with van der Waals surface area (Å²) in [6.45, 7) is 1.11. The number of benzene rings is 1. The molecule has 1 unspecified atom stereocenters. The fourth-order valence-corrected chi connectivity index (χ4v) is 3.35. The van der Waals surface area contributed by atoms with E-state index in [2.05, 4.69) is 10.0 Å². The molecule has 0 aromatic heterocycles. The molecule has 1 heterocycles. The van der Waals surface area contributed by atoms with Crippen molar-refractivity contribution in [3.63, 3.8) is 0 Å². The predicted molar refractivity (Wildman–Crippen MR) is 84.1 cm³/mol. The summed E-state index contributed by atoms with van der Waals surface area (Å²) in [7, 11) is -3.65. The molecule has 6 nitrogen and oxygen atoms in total. The van der Waals surface area contributed by atoms with Crippen molar-refractivity contribution >= 4 is 27.5 Å². The van der Waals surface area contributed by atoms with Crippen molar-refractivity contribution in [2.75, 3.05) is 18.9 Å². The molecule has 122 valence electrons. The van der Waals surface area contributed by atoms with Crippen LogP contribution in [-0.4, -0.2) is 39.3 Å². The average Bonchev–Trinajstić information content (AvgIpc) is 2.96. The molecule has 0 bridgehead atoms. The largest absolute Gasteiger partial charge is 0.377 e. The van der Waals surface area contributed by atoms with Gasteiger partial charge in [-0.2, -0.15) is 0 Å². The summed E-state index contributed by atoms with van der Waals surface area (Å²) in [5, 5.41) is 3.13. The summed E-state index contributed by atoms with van der Waals surface area (Å²) < 4.78 is 31.4. The SMILES string of the molecule is O=C(CS(=O)(=O)NCC1CCCO1)NCc1cccc(Cl)c1. The van der Waals surface area contributed by atoms with E-state index < -0.39 is 21.7 Å². The van der Waals surface area contributed by atoms with E-state index in [0.717, 1.165) is 18.4 Å². The van der Waals surface area contributed by atoms with E-state index in [1.54, 1.807) is 24.3 Å². The van der Waals surface area contributed by atoms with Crippen LogP contribution in [0.1, 0.15) is 18.4 Å². The van der Waals surface area contributed by atoms with Crippen LogP contribution in [0.15, 0.2) is 24.3 Å². The number of carbonyl (C=O) groups excluding carboxylic acids is 1. The Labute approximate surface area is 135 Å². The summed E-state index contributed by atoms with van der Waals surface area (Å²) >= 11 is 5.84. The van der Waals surface area contributed by atoms with Gasteiger partial charge in [-0.15, -0.1) is 0 Å². The number of amides is 1. The lowest BCUT2D eigenvalue weighted by atomic mass is 10.2. The van der Waals surface area contributed by atoms with Crippen LogP contribution in [-0.2, 0) is 26.1 Å². The minimum absolute atomic E-state index is 0.0932. The number of sulfonamides is 1. The fourth-order valence-electron chi connectivity index (χ4n) is 2.15. The molecule has 1 amide bonds. The molecule has 1 saturated heterocycles. The number of carbonyl (C=O) groups is 1. The quantitative estimate of drug-likeness (QED) is 0.773. The van der Waals surface area contributed by atoms with E-state index in [9.17, 15) is 13.2 Å². The van der Waals surface area contributed by atoms with Gasteiger partial charge in [-0.1, -0.05) is 23.7 Å². The highest BCUT2D eigenvalue weighted by molar-refractivity contribution is 7.90. The summed E-state index contributed by atoms with van der Waals surface area (Å²) in [5.41, 5.74) is 0.811. The number of hydrogen-bond acceptors (Lipinski definition) is 4. The molecule has 0 spiro atoms.